The molecule has 24 heavy (non-hydrogen) atoms. The Labute approximate surface area is 148 Å². The summed E-state index contributed by atoms with van der Waals surface area (Å²) in [5, 5.41) is 19.8. The SMILES string of the molecule is Cc1ccc(S(=O)(=O)n2cc([C@@H](O)CO)c3ccc(Br)cc32)cc1. The Morgan fingerprint density at radius 3 is 2.46 bits per heavy atom. The molecule has 0 aliphatic rings. The fraction of sp³-hybridized carbons (Fsp3) is 0.176. The van der Waals surface area contributed by atoms with E-state index in [1.54, 1.807) is 42.5 Å². The van der Waals surface area contributed by atoms with E-state index in [1.165, 1.54) is 6.20 Å². The molecule has 0 unspecified atom stereocenters. The minimum absolute atomic E-state index is 0.162. The van der Waals surface area contributed by atoms with Crippen LogP contribution in [0.5, 0.6) is 0 Å². The first-order valence-electron chi connectivity index (χ1n) is 7.26. The Bertz CT molecular complexity index is 993. The number of aromatic nitrogens is 1. The lowest BCUT2D eigenvalue weighted by atomic mass is 10.1. The maximum atomic E-state index is 13.0. The molecule has 7 heteroatoms. The lowest BCUT2D eigenvalue weighted by molar-refractivity contribution is 0.0967. The van der Waals surface area contributed by atoms with E-state index < -0.39 is 22.7 Å². The Morgan fingerprint density at radius 2 is 1.83 bits per heavy atom. The molecule has 0 fully saturated rings. The van der Waals surface area contributed by atoms with Gasteiger partial charge in [0, 0.05) is 21.6 Å². The molecule has 0 aliphatic heterocycles. The van der Waals surface area contributed by atoms with Gasteiger partial charge < -0.3 is 10.2 Å². The number of aliphatic hydroxyl groups is 2. The lowest BCUT2D eigenvalue weighted by Gasteiger charge is -2.08. The summed E-state index contributed by atoms with van der Waals surface area (Å²) >= 11 is 3.34. The summed E-state index contributed by atoms with van der Waals surface area (Å²) in [7, 11) is -3.82. The van der Waals surface area contributed by atoms with Crippen LogP contribution in [0.4, 0.5) is 0 Å². The molecule has 0 spiro atoms. The average Bonchev–Trinajstić information content (AvgIpc) is 2.94. The summed E-state index contributed by atoms with van der Waals surface area (Å²) in [5.74, 6) is 0. The van der Waals surface area contributed by atoms with Crippen molar-refractivity contribution < 1.29 is 18.6 Å². The Morgan fingerprint density at radius 1 is 1.17 bits per heavy atom. The van der Waals surface area contributed by atoms with Gasteiger partial charge in [-0.15, -0.1) is 0 Å². The van der Waals surface area contributed by atoms with E-state index in [1.807, 2.05) is 6.92 Å². The quantitative estimate of drug-likeness (QED) is 0.693. The highest BCUT2D eigenvalue weighted by Gasteiger charge is 2.23. The molecule has 3 aromatic rings. The highest BCUT2D eigenvalue weighted by atomic mass is 79.9. The Kier molecular flexibility index (Phi) is 4.52. The number of halogens is 1. The fourth-order valence-corrected chi connectivity index (χ4v) is 4.30. The van der Waals surface area contributed by atoms with Gasteiger partial charge in [0.25, 0.3) is 10.0 Å². The molecule has 126 valence electrons. The normalized spacial score (nSPS) is 13.3. The zero-order valence-corrected chi connectivity index (χ0v) is 15.3. The topological polar surface area (TPSA) is 79.5 Å². The highest BCUT2D eigenvalue weighted by molar-refractivity contribution is 9.10. The van der Waals surface area contributed by atoms with Gasteiger partial charge in [-0.2, -0.15) is 0 Å². The van der Waals surface area contributed by atoms with E-state index in [2.05, 4.69) is 15.9 Å². The average molecular weight is 410 g/mol. The van der Waals surface area contributed by atoms with Crippen molar-refractivity contribution in [3.05, 3.63) is 64.3 Å². The van der Waals surface area contributed by atoms with Crippen molar-refractivity contribution in [2.75, 3.05) is 6.61 Å². The first-order chi connectivity index (χ1) is 11.3. The van der Waals surface area contributed by atoms with Gasteiger partial charge >= 0.3 is 0 Å². The van der Waals surface area contributed by atoms with Crippen LogP contribution >= 0.6 is 15.9 Å². The first-order valence-corrected chi connectivity index (χ1v) is 9.49. The van der Waals surface area contributed by atoms with Crippen molar-refractivity contribution in [3.63, 3.8) is 0 Å². The van der Waals surface area contributed by atoms with Crippen molar-refractivity contribution in [2.24, 2.45) is 0 Å². The van der Waals surface area contributed by atoms with Crippen molar-refractivity contribution in [3.8, 4) is 0 Å². The van der Waals surface area contributed by atoms with E-state index in [0.29, 0.717) is 16.5 Å². The van der Waals surface area contributed by atoms with Gasteiger partial charge in [-0.3, -0.25) is 0 Å². The third-order valence-corrected chi connectivity index (χ3v) is 6.06. The molecule has 2 aromatic carbocycles. The van der Waals surface area contributed by atoms with Crippen molar-refractivity contribution in [1.29, 1.82) is 0 Å². The first kappa shape index (κ1) is 17.2. The number of rotatable bonds is 4. The van der Waals surface area contributed by atoms with E-state index in [-0.39, 0.29) is 4.90 Å². The van der Waals surface area contributed by atoms with Crippen LogP contribution in [-0.4, -0.2) is 29.2 Å². The molecular formula is C17H16BrNO4S. The van der Waals surface area contributed by atoms with Crippen LogP contribution in [0, 0.1) is 6.92 Å². The molecule has 1 atom stereocenters. The zero-order chi connectivity index (χ0) is 17.5. The zero-order valence-electron chi connectivity index (χ0n) is 12.8. The van der Waals surface area contributed by atoms with Gasteiger partial charge in [-0.05, 0) is 31.2 Å². The van der Waals surface area contributed by atoms with Gasteiger partial charge in [0.15, 0.2) is 0 Å². The van der Waals surface area contributed by atoms with E-state index >= 15 is 0 Å². The van der Waals surface area contributed by atoms with Crippen LogP contribution < -0.4 is 0 Å². The molecule has 1 aromatic heterocycles. The van der Waals surface area contributed by atoms with Gasteiger partial charge in [0.05, 0.1) is 17.0 Å². The smallest absolute Gasteiger partial charge is 0.268 e. The van der Waals surface area contributed by atoms with Gasteiger partial charge in [0.2, 0.25) is 0 Å². The van der Waals surface area contributed by atoms with Crippen molar-refractivity contribution in [2.45, 2.75) is 17.9 Å². The van der Waals surface area contributed by atoms with Crippen LogP contribution in [0.25, 0.3) is 10.9 Å². The molecule has 0 bridgehead atoms. The Balaban J connectivity index is 2.29. The summed E-state index contributed by atoms with van der Waals surface area (Å²) in [4.78, 5) is 0.162. The molecule has 0 radical (unpaired) electrons. The van der Waals surface area contributed by atoms with E-state index in [9.17, 15) is 18.6 Å². The summed E-state index contributed by atoms with van der Waals surface area (Å²) in [6.07, 6.45) is 0.218. The van der Waals surface area contributed by atoms with Gasteiger partial charge in [0.1, 0.15) is 6.10 Å². The largest absolute Gasteiger partial charge is 0.393 e. The number of hydrogen-bond donors (Lipinski definition) is 2. The van der Waals surface area contributed by atoms with E-state index in [0.717, 1.165) is 14.0 Å². The second kappa shape index (κ2) is 6.33. The monoisotopic (exact) mass is 409 g/mol. The summed E-state index contributed by atoms with van der Waals surface area (Å²) < 4.78 is 27.9. The predicted octanol–water partition coefficient (Wildman–Crippen LogP) is 2.97. The summed E-state index contributed by atoms with van der Waals surface area (Å²) in [5.41, 5.74) is 1.77. The number of nitrogens with zero attached hydrogens (tertiary/aromatic N) is 1. The highest BCUT2D eigenvalue weighted by Crippen LogP contribution is 2.31. The van der Waals surface area contributed by atoms with Crippen LogP contribution in [0.15, 0.2) is 58.0 Å². The second-order valence-electron chi connectivity index (χ2n) is 5.56. The molecule has 5 nitrogen and oxygen atoms in total. The predicted molar refractivity (Wildman–Crippen MR) is 95.4 cm³/mol. The molecule has 0 saturated heterocycles. The molecule has 2 N–H and O–H groups in total. The van der Waals surface area contributed by atoms with Crippen LogP contribution in [0.2, 0.25) is 0 Å². The van der Waals surface area contributed by atoms with Crippen molar-refractivity contribution >= 4 is 36.9 Å². The standard InChI is InChI=1S/C17H16BrNO4S/c1-11-2-5-13(6-3-11)24(22,23)19-9-15(17(21)10-20)14-7-4-12(18)8-16(14)19/h2-9,17,20-21H,10H2,1H3/t17-/m0/s1. The molecule has 3 rings (SSSR count). The molecule has 0 amide bonds. The third-order valence-electron chi connectivity index (χ3n) is 3.87. The van der Waals surface area contributed by atoms with Crippen molar-refractivity contribution in [1.82, 2.24) is 3.97 Å². The van der Waals surface area contributed by atoms with Gasteiger partial charge in [-0.25, -0.2) is 12.4 Å². The number of benzene rings is 2. The molecule has 1 heterocycles. The number of aliphatic hydroxyl groups excluding tert-OH is 2. The molecule has 0 aliphatic carbocycles. The van der Waals surface area contributed by atoms with Gasteiger partial charge in [-0.1, -0.05) is 39.7 Å². The fourth-order valence-electron chi connectivity index (χ4n) is 2.58. The third kappa shape index (κ3) is 2.88. The lowest BCUT2D eigenvalue weighted by Crippen LogP contribution is -2.12. The minimum atomic E-state index is -3.82. The number of aryl methyl sites for hydroxylation is 1. The summed E-state index contributed by atoms with van der Waals surface area (Å²) in [6, 6.07) is 11.7. The number of hydrogen-bond acceptors (Lipinski definition) is 4. The molecule has 0 saturated carbocycles. The van der Waals surface area contributed by atoms with E-state index in [4.69, 9.17) is 0 Å². The molecular weight excluding hydrogens is 394 g/mol. The maximum Gasteiger partial charge on any atom is 0.268 e. The van der Waals surface area contributed by atoms with Crippen LogP contribution in [0.3, 0.4) is 0 Å². The Hall–Kier alpha value is -1.67. The maximum absolute atomic E-state index is 13.0. The summed E-state index contributed by atoms with van der Waals surface area (Å²) in [6.45, 7) is 1.40. The minimum Gasteiger partial charge on any atom is -0.393 e. The van der Waals surface area contributed by atoms with Crippen LogP contribution in [-0.2, 0) is 10.0 Å². The second-order valence-corrected chi connectivity index (χ2v) is 8.29. The van der Waals surface area contributed by atoms with Crippen LogP contribution in [0.1, 0.15) is 17.2 Å². The number of fused-ring (bicyclic) bond motifs is 1.